The van der Waals surface area contributed by atoms with Crippen molar-refractivity contribution in [2.24, 2.45) is 0 Å². The Hall–Kier alpha value is -0.930. The van der Waals surface area contributed by atoms with Crippen molar-refractivity contribution in [2.75, 3.05) is 32.8 Å². The molecular weight excluding hydrogens is 500 g/mol. The highest BCUT2D eigenvalue weighted by atomic mass is 16.5. The fourth-order valence-corrected chi connectivity index (χ4v) is 5.24. The highest BCUT2D eigenvalue weighted by Crippen LogP contribution is 2.25. The molecule has 2 rings (SSSR count). The number of hydrogen-bond donors (Lipinski definition) is 8. The van der Waals surface area contributed by atoms with Crippen molar-refractivity contribution in [3.8, 4) is 0 Å². The third kappa shape index (κ3) is 9.92. The minimum Gasteiger partial charge on any atom is -0.394 e. The number of unbranched alkanes of at least 4 members (excludes halogenated alkanes) is 2. The van der Waals surface area contributed by atoms with Crippen LogP contribution in [0.5, 0.6) is 0 Å². The van der Waals surface area contributed by atoms with Crippen LogP contribution in [0, 0.1) is 0 Å². The number of amides is 1. The molecular formula is C26H50N2O10. The molecule has 0 saturated carbocycles. The SMILES string of the molecule is CCNC(=O)CCCCCN(CCC[C@@H]1O[C@H](CO)[C@@H](O)[C@H](O)[C@H]1O)CCC[C@@H]1O[C@@H](C)[C@@H](O)[C@@H](O)[C@@H]1O. The molecule has 10 atom stereocenters. The molecule has 12 heteroatoms. The summed E-state index contributed by atoms with van der Waals surface area (Å²) in [4.78, 5) is 13.9. The van der Waals surface area contributed by atoms with Crippen LogP contribution in [0.1, 0.15) is 65.2 Å². The molecule has 0 spiro atoms. The molecule has 2 fully saturated rings. The van der Waals surface area contributed by atoms with E-state index in [0.29, 0.717) is 51.7 Å². The standard InChI is InChI=1S/C26H50N2O10/c1-3-27-20(30)11-5-4-6-12-28(13-7-9-17-22(32)25(35)21(31)16(2)37-17)14-8-10-18-23(33)26(36)24(34)19(15-29)38-18/h16-19,21-26,29,31-36H,3-15H2,1-2H3,(H,27,30)/t16-,17-,18-,19+,21+,22+,23-,24+,25+,26+/m0/s1. The highest BCUT2D eigenvalue weighted by molar-refractivity contribution is 5.75. The number of rotatable bonds is 16. The van der Waals surface area contributed by atoms with E-state index in [4.69, 9.17) is 9.47 Å². The number of carbonyl (C=O) groups is 1. The molecule has 0 unspecified atom stereocenters. The summed E-state index contributed by atoms with van der Waals surface area (Å²) in [5.41, 5.74) is 0. The zero-order valence-electron chi connectivity index (χ0n) is 22.8. The first kappa shape index (κ1) is 33.3. The Morgan fingerprint density at radius 1 is 0.711 bits per heavy atom. The number of ether oxygens (including phenoxy) is 2. The summed E-state index contributed by atoms with van der Waals surface area (Å²) in [6.07, 6.45) is -4.94. The van der Waals surface area contributed by atoms with Gasteiger partial charge in [-0.1, -0.05) is 6.42 Å². The summed E-state index contributed by atoms with van der Waals surface area (Å²) < 4.78 is 11.3. The molecule has 224 valence electrons. The van der Waals surface area contributed by atoms with Crippen molar-refractivity contribution < 1.29 is 50.0 Å². The second-order valence-electron chi connectivity index (χ2n) is 10.6. The average molecular weight is 551 g/mol. The summed E-state index contributed by atoms with van der Waals surface area (Å²) in [5, 5.41) is 72.8. The summed E-state index contributed by atoms with van der Waals surface area (Å²) in [5.74, 6) is 0.0523. The van der Waals surface area contributed by atoms with Gasteiger partial charge in [0.25, 0.3) is 0 Å². The maximum Gasteiger partial charge on any atom is 0.219 e. The minimum absolute atomic E-state index is 0.0523. The Bertz CT molecular complexity index is 672. The first-order valence-corrected chi connectivity index (χ1v) is 14.1. The number of hydrogen-bond acceptors (Lipinski definition) is 11. The quantitative estimate of drug-likeness (QED) is 0.102. The Balaban J connectivity index is 1.84. The molecule has 0 aliphatic carbocycles. The van der Waals surface area contributed by atoms with Crippen LogP contribution in [0.3, 0.4) is 0 Å². The molecule has 2 aliphatic heterocycles. The first-order chi connectivity index (χ1) is 18.1. The normalized spacial score (nSPS) is 35.9. The number of nitrogens with zero attached hydrogens (tertiary/aromatic N) is 1. The second-order valence-corrected chi connectivity index (χ2v) is 10.6. The van der Waals surface area contributed by atoms with E-state index in [-0.39, 0.29) is 5.91 Å². The van der Waals surface area contributed by atoms with Crippen LogP contribution in [0.2, 0.25) is 0 Å². The Kier molecular flexibility index (Phi) is 14.9. The van der Waals surface area contributed by atoms with Crippen molar-refractivity contribution in [1.29, 1.82) is 0 Å². The zero-order chi connectivity index (χ0) is 28.2. The van der Waals surface area contributed by atoms with E-state index in [1.54, 1.807) is 6.92 Å². The predicted octanol–water partition coefficient (Wildman–Crippen LogP) is -1.74. The van der Waals surface area contributed by atoms with Gasteiger partial charge in [-0.25, -0.2) is 0 Å². The lowest BCUT2D eigenvalue weighted by molar-refractivity contribution is -0.230. The lowest BCUT2D eigenvalue weighted by Crippen LogP contribution is -2.58. The maximum absolute atomic E-state index is 11.7. The molecule has 38 heavy (non-hydrogen) atoms. The number of aliphatic hydroxyl groups excluding tert-OH is 7. The van der Waals surface area contributed by atoms with Crippen LogP contribution >= 0.6 is 0 Å². The summed E-state index contributed by atoms with van der Waals surface area (Å²) in [6, 6.07) is 0. The Labute approximate surface area is 225 Å². The molecule has 8 N–H and O–H groups in total. The van der Waals surface area contributed by atoms with E-state index in [9.17, 15) is 40.5 Å². The molecule has 0 bridgehead atoms. The van der Waals surface area contributed by atoms with Gasteiger partial charge in [0.15, 0.2) is 0 Å². The predicted molar refractivity (Wildman–Crippen MR) is 138 cm³/mol. The van der Waals surface area contributed by atoms with Gasteiger partial charge in [0.05, 0.1) is 24.9 Å². The monoisotopic (exact) mass is 550 g/mol. The van der Waals surface area contributed by atoms with Gasteiger partial charge >= 0.3 is 0 Å². The number of carbonyl (C=O) groups excluding carboxylic acids is 1. The molecule has 12 nitrogen and oxygen atoms in total. The van der Waals surface area contributed by atoms with Crippen molar-refractivity contribution in [1.82, 2.24) is 10.2 Å². The van der Waals surface area contributed by atoms with Crippen molar-refractivity contribution >= 4 is 5.91 Å². The van der Waals surface area contributed by atoms with E-state index in [0.717, 1.165) is 25.8 Å². The van der Waals surface area contributed by atoms with Gasteiger partial charge in [-0.2, -0.15) is 0 Å². The van der Waals surface area contributed by atoms with Crippen molar-refractivity contribution in [3.05, 3.63) is 0 Å². The topological polar surface area (TPSA) is 192 Å². The third-order valence-corrected chi connectivity index (χ3v) is 7.62. The number of aliphatic hydroxyl groups is 7. The van der Waals surface area contributed by atoms with Crippen LogP contribution in [-0.2, 0) is 14.3 Å². The van der Waals surface area contributed by atoms with E-state index in [1.165, 1.54) is 0 Å². The number of nitrogens with one attached hydrogen (secondary N) is 1. The molecule has 0 aromatic carbocycles. The third-order valence-electron chi connectivity index (χ3n) is 7.62. The maximum atomic E-state index is 11.7. The molecule has 2 heterocycles. The lowest BCUT2D eigenvalue weighted by Gasteiger charge is -2.40. The first-order valence-electron chi connectivity index (χ1n) is 14.1. The van der Waals surface area contributed by atoms with E-state index in [2.05, 4.69) is 10.2 Å². The van der Waals surface area contributed by atoms with E-state index >= 15 is 0 Å². The molecule has 2 saturated heterocycles. The van der Waals surface area contributed by atoms with Crippen molar-refractivity contribution in [3.63, 3.8) is 0 Å². The van der Waals surface area contributed by atoms with Gasteiger partial charge in [0.2, 0.25) is 5.91 Å². The van der Waals surface area contributed by atoms with Gasteiger partial charge < -0.3 is 55.4 Å². The highest BCUT2D eigenvalue weighted by Gasteiger charge is 2.43. The van der Waals surface area contributed by atoms with Gasteiger partial charge in [0, 0.05) is 13.0 Å². The van der Waals surface area contributed by atoms with Crippen LogP contribution in [0.4, 0.5) is 0 Å². The van der Waals surface area contributed by atoms with Gasteiger partial charge in [-0.3, -0.25) is 4.79 Å². The summed E-state index contributed by atoms with van der Waals surface area (Å²) in [6.45, 7) is 5.88. The molecule has 0 aromatic heterocycles. The summed E-state index contributed by atoms with van der Waals surface area (Å²) >= 11 is 0. The van der Waals surface area contributed by atoms with Crippen molar-refractivity contribution in [2.45, 2.75) is 126 Å². The molecule has 0 aromatic rings. The fourth-order valence-electron chi connectivity index (χ4n) is 5.24. The van der Waals surface area contributed by atoms with Crippen LogP contribution in [0.25, 0.3) is 0 Å². The molecule has 2 aliphatic rings. The van der Waals surface area contributed by atoms with Crippen LogP contribution < -0.4 is 5.32 Å². The fraction of sp³-hybridized carbons (Fsp3) is 0.962. The lowest BCUT2D eigenvalue weighted by atomic mass is 9.92. The minimum atomic E-state index is -1.38. The molecule has 0 radical (unpaired) electrons. The van der Waals surface area contributed by atoms with Gasteiger partial charge in [-0.15, -0.1) is 0 Å². The average Bonchev–Trinajstić information content (AvgIpc) is 2.89. The van der Waals surface area contributed by atoms with Crippen LogP contribution in [0.15, 0.2) is 0 Å². The summed E-state index contributed by atoms with van der Waals surface area (Å²) in [7, 11) is 0. The zero-order valence-corrected chi connectivity index (χ0v) is 22.8. The second kappa shape index (κ2) is 17.0. The van der Waals surface area contributed by atoms with Gasteiger partial charge in [-0.05, 0) is 72.0 Å². The van der Waals surface area contributed by atoms with Crippen LogP contribution in [-0.4, -0.2) is 140 Å². The Morgan fingerprint density at radius 2 is 1.24 bits per heavy atom. The van der Waals surface area contributed by atoms with E-state index in [1.807, 2.05) is 6.92 Å². The largest absolute Gasteiger partial charge is 0.394 e. The Morgan fingerprint density at radius 3 is 1.82 bits per heavy atom. The smallest absolute Gasteiger partial charge is 0.219 e. The molecule has 1 amide bonds. The van der Waals surface area contributed by atoms with E-state index < -0.39 is 67.6 Å². The van der Waals surface area contributed by atoms with Gasteiger partial charge in [0.1, 0.15) is 42.7 Å².